The first-order valence-corrected chi connectivity index (χ1v) is 5.50. The molecule has 18 heavy (non-hydrogen) atoms. The minimum Gasteiger partial charge on any atom is -0.399 e. The van der Waals surface area contributed by atoms with Gasteiger partial charge in [-0.2, -0.15) is 0 Å². The maximum Gasteiger partial charge on any atom is 0.269 e. The van der Waals surface area contributed by atoms with Gasteiger partial charge in [-0.1, -0.05) is 6.07 Å². The van der Waals surface area contributed by atoms with E-state index < -0.39 is 0 Å². The van der Waals surface area contributed by atoms with E-state index in [9.17, 15) is 4.79 Å². The Balaban J connectivity index is 2.22. The Bertz CT molecular complexity index is 568. The zero-order chi connectivity index (χ0) is 13.0. The molecule has 2 aromatic rings. The maximum atomic E-state index is 11.5. The number of carbonyl (C=O) groups excluding carboxylic acids is 1. The molecular formula is C13H14N4O. The molecule has 5 heteroatoms. The molecule has 1 amide bonds. The van der Waals surface area contributed by atoms with E-state index in [0.717, 1.165) is 11.4 Å². The normalized spacial score (nSPS) is 9.83. The maximum absolute atomic E-state index is 11.5. The largest absolute Gasteiger partial charge is 0.399 e. The van der Waals surface area contributed by atoms with Gasteiger partial charge in [0.15, 0.2) is 0 Å². The summed E-state index contributed by atoms with van der Waals surface area (Å²) in [6, 6.07) is 10.9. The average molecular weight is 242 g/mol. The molecule has 5 nitrogen and oxygen atoms in total. The van der Waals surface area contributed by atoms with Crippen LogP contribution in [0.3, 0.4) is 0 Å². The molecule has 92 valence electrons. The molecule has 0 unspecified atom stereocenters. The van der Waals surface area contributed by atoms with Crippen molar-refractivity contribution in [2.75, 3.05) is 18.1 Å². The topological polar surface area (TPSA) is 80.0 Å². The van der Waals surface area contributed by atoms with Gasteiger partial charge in [-0.15, -0.1) is 0 Å². The van der Waals surface area contributed by atoms with Gasteiger partial charge in [0.25, 0.3) is 5.91 Å². The minimum absolute atomic E-state index is 0.216. The summed E-state index contributed by atoms with van der Waals surface area (Å²) >= 11 is 0. The molecule has 0 radical (unpaired) electrons. The number of benzene rings is 1. The highest BCUT2D eigenvalue weighted by Gasteiger charge is 2.05. The Morgan fingerprint density at radius 3 is 2.72 bits per heavy atom. The number of hydrogen-bond donors (Lipinski definition) is 3. The summed E-state index contributed by atoms with van der Waals surface area (Å²) in [4.78, 5) is 15.4. The molecule has 4 N–H and O–H groups in total. The SMILES string of the molecule is CNC(=O)c1cc(Nc2cccc(N)c2)ccn1. The first-order valence-electron chi connectivity index (χ1n) is 5.50. The fraction of sp³-hybridized carbons (Fsp3) is 0.0769. The second-order valence-electron chi connectivity index (χ2n) is 3.76. The Labute approximate surface area is 105 Å². The van der Waals surface area contributed by atoms with Crippen molar-refractivity contribution in [3.63, 3.8) is 0 Å². The molecule has 1 aromatic carbocycles. The smallest absolute Gasteiger partial charge is 0.269 e. The highest BCUT2D eigenvalue weighted by Crippen LogP contribution is 2.18. The van der Waals surface area contributed by atoms with Crippen molar-refractivity contribution in [1.82, 2.24) is 10.3 Å². The molecule has 0 aliphatic rings. The predicted molar refractivity (Wildman–Crippen MR) is 71.8 cm³/mol. The molecular weight excluding hydrogens is 228 g/mol. The van der Waals surface area contributed by atoms with Gasteiger partial charge in [-0.3, -0.25) is 9.78 Å². The standard InChI is InChI=1S/C13H14N4O/c1-15-13(18)12-8-11(5-6-16-12)17-10-4-2-3-9(14)7-10/h2-8H,14H2,1H3,(H,15,18)(H,16,17). The van der Waals surface area contributed by atoms with E-state index in [1.807, 2.05) is 24.3 Å². The summed E-state index contributed by atoms with van der Waals surface area (Å²) < 4.78 is 0. The van der Waals surface area contributed by atoms with Gasteiger partial charge < -0.3 is 16.4 Å². The molecule has 0 atom stereocenters. The lowest BCUT2D eigenvalue weighted by molar-refractivity contribution is 0.0958. The van der Waals surface area contributed by atoms with Crippen LogP contribution in [0.5, 0.6) is 0 Å². The number of nitrogens with one attached hydrogen (secondary N) is 2. The van der Waals surface area contributed by atoms with Crippen LogP contribution < -0.4 is 16.4 Å². The number of carbonyl (C=O) groups is 1. The van der Waals surface area contributed by atoms with Crippen molar-refractivity contribution >= 4 is 23.0 Å². The van der Waals surface area contributed by atoms with Gasteiger partial charge in [-0.25, -0.2) is 0 Å². The number of nitrogen functional groups attached to an aromatic ring is 1. The van der Waals surface area contributed by atoms with Gasteiger partial charge in [0.1, 0.15) is 5.69 Å². The van der Waals surface area contributed by atoms with Crippen molar-refractivity contribution in [3.05, 3.63) is 48.3 Å². The summed E-state index contributed by atoms with van der Waals surface area (Å²) in [7, 11) is 1.57. The minimum atomic E-state index is -0.216. The van der Waals surface area contributed by atoms with Crippen LogP contribution in [-0.4, -0.2) is 17.9 Å². The molecule has 0 saturated heterocycles. The zero-order valence-corrected chi connectivity index (χ0v) is 9.97. The van der Waals surface area contributed by atoms with Crippen LogP contribution in [0.15, 0.2) is 42.6 Å². The molecule has 0 aliphatic carbocycles. The summed E-state index contributed by atoms with van der Waals surface area (Å²) in [5.74, 6) is -0.216. The van der Waals surface area contributed by atoms with Crippen molar-refractivity contribution < 1.29 is 4.79 Å². The number of rotatable bonds is 3. The highest BCUT2D eigenvalue weighted by molar-refractivity contribution is 5.93. The third kappa shape index (κ3) is 2.76. The van der Waals surface area contributed by atoms with Gasteiger partial charge in [0.2, 0.25) is 0 Å². The van der Waals surface area contributed by atoms with Crippen molar-refractivity contribution in [3.8, 4) is 0 Å². The summed E-state index contributed by atoms with van der Waals surface area (Å²) in [6.45, 7) is 0. The van der Waals surface area contributed by atoms with Crippen molar-refractivity contribution in [2.45, 2.75) is 0 Å². The molecule has 0 bridgehead atoms. The van der Waals surface area contributed by atoms with Gasteiger partial charge in [0, 0.05) is 30.3 Å². The summed E-state index contributed by atoms with van der Waals surface area (Å²) in [5.41, 5.74) is 8.39. The van der Waals surface area contributed by atoms with E-state index in [-0.39, 0.29) is 5.91 Å². The Hall–Kier alpha value is -2.56. The molecule has 0 saturated carbocycles. The quantitative estimate of drug-likeness (QED) is 0.716. The van der Waals surface area contributed by atoms with E-state index in [2.05, 4.69) is 15.6 Å². The fourth-order valence-electron chi connectivity index (χ4n) is 1.54. The lowest BCUT2D eigenvalue weighted by Gasteiger charge is -2.08. The van der Waals surface area contributed by atoms with Crippen LogP contribution in [0.25, 0.3) is 0 Å². The number of nitrogens with zero attached hydrogens (tertiary/aromatic N) is 1. The zero-order valence-electron chi connectivity index (χ0n) is 9.97. The summed E-state index contributed by atoms with van der Waals surface area (Å²) in [6.07, 6.45) is 1.58. The third-order valence-electron chi connectivity index (χ3n) is 2.39. The van der Waals surface area contributed by atoms with Crippen molar-refractivity contribution in [2.24, 2.45) is 0 Å². The number of nitrogens with two attached hydrogens (primary N) is 1. The number of anilines is 3. The molecule has 1 heterocycles. The van der Waals surface area contributed by atoms with E-state index in [0.29, 0.717) is 11.4 Å². The van der Waals surface area contributed by atoms with Crippen LogP contribution >= 0.6 is 0 Å². The van der Waals surface area contributed by atoms with E-state index >= 15 is 0 Å². The Kier molecular flexibility index (Phi) is 3.43. The third-order valence-corrected chi connectivity index (χ3v) is 2.39. The van der Waals surface area contributed by atoms with Crippen LogP contribution in [-0.2, 0) is 0 Å². The first kappa shape index (κ1) is 11.9. The van der Waals surface area contributed by atoms with E-state index in [1.165, 1.54) is 0 Å². The number of aromatic nitrogens is 1. The average Bonchev–Trinajstić information content (AvgIpc) is 2.38. The second-order valence-corrected chi connectivity index (χ2v) is 3.76. The second kappa shape index (κ2) is 5.18. The van der Waals surface area contributed by atoms with E-state index in [1.54, 1.807) is 25.4 Å². The molecule has 2 rings (SSSR count). The fourth-order valence-corrected chi connectivity index (χ4v) is 1.54. The molecule has 0 aliphatic heterocycles. The van der Waals surface area contributed by atoms with Gasteiger partial charge in [0.05, 0.1) is 0 Å². The Morgan fingerprint density at radius 2 is 2.00 bits per heavy atom. The molecule has 0 spiro atoms. The van der Waals surface area contributed by atoms with Gasteiger partial charge in [-0.05, 0) is 30.3 Å². The number of pyridine rings is 1. The van der Waals surface area contributed by atoms with Crippen LogP contribution in [0.2, 0.25) is 0 Å². The monoisotopic (exact) mass is 242 g/mol. The number of hydrogen-bond acceptors (Lipinski definition) is 4. The van der Waals surface area contributed by atoms with Gasteiger partial charge >= 0.3 is 0 Å². The molecule has 1 aromatic heterocycles. The Morgan fingerprint density at radius 1 is 1.22 bits per heavy atom. The van der Waals surface area contributed by atoms with Crippen LogP contribution in [0.4, 0.5) is 17.1 Å². The lowest BCUT2D eigenvalue weighted by Crippen LogP contribution is -2.19. The van der Waals surface area contributed by atoms with Crippen LogP contribution in [0, 0.1) is 0 Å². The lowest BCUT2D eigenvalue weighted by atomic mass is 10.2. The van der Waals surface area contributed by atoms with Crippen molar-refractivity contribution in [1.29, 1.82) is 0 Å². The molecule has 0 fully saturated rings. The first-order chi connectivity index (χ1) is 8.69. The predicted octanol–water partition coefficient (Wildman–Crippen LogP) is 1.77. The highest BCUT2D eigenvalue weighted by atomic mass is 16.1. The summed E-state index contributed by atoms with van der Waals surface area (Å²) in [5, 5.41) is 5.70. The van der Waals surface area contributed by atoms with E-state index in [4.69, 9.17) is 5.73 Å². The number of amides is 1. The van der Waals surface area contributed by atoms with Crippen LogP contribution in [0.1, 0.15) is 10.5 Å².